The molecule has 7 heteroatoms. The molecule has 2 N–H and O–H groups in total. The lowest BCUT2D eigenvalue weighted by Gasteiger charge is -2.33. The van der Waals surface area contributed by atoms with Gasteiger partial charge < -0.3 is 15.4 Å². The topological polar surface area (TPSA) is 48.9 Å². The van der Waals surface area contributed by atoms with E-state index >= 15 is 0 Å². The fourth-order valence-corrected chi connectivity index (χ4v) is 4.20. The molecule has 1 unspecified atom stereocenters. The minimum absolute atomic E-state index is 0.343. The van der Waals surface area contributed by atoms with E-state index in [1.54, 1.807) is 0 Å². The fraction of sp³-hybridized carbons (Fsp3) is 0.722. The Morgan fingerprint density at radius 1 is 1.36 bits per heavy atom. The minimum atomic E-state index is 0.343. The normalized spacial score (nSPS) is 17.4. The molecular weight excluding hydrogens is 352 g/mol. The van der Waals surface area contributed by atoms with Crippen molar-refractivity contribution < 1.29 is 4.74 Å². The molecule has 0 saturated carbocycles. The van der Waals surface area contributed by atoms with Crippen LogP contribution in [0.15, 0.2) is 22.5 Å². The van der Waals surface area contributed by atoms with E-state index in [9.17, 15) is 0 Å². The highest BCUT2D eigenvalue weighted by Crippen LogP contribution is 2.26. The zero-order chi connectivity index (χ0) is 17.7. The molecule has 1 saturated heterocycles. The molecule has 2 heterocycles. The average molecular weight is 385 g/mol. The Balaban J connectivity index is 1.93. The van der Waals surface area contributed by atoms with Crippen molar-refractivity contribution in [1.29, 1.82) is 0 Å². The number of guanidine groups is 1. The largest absolute Gasteiger partial charge is 0.379 e. The van der Waals surface area contributed by atoms with Crippen LogP contribution in [0.4, 0.5) is 0 Å². The number of rotatable bonds is 10. The molecule has 1 fully saturated rings. The molecule has 1 aliphatic rings. The van der Waals surface area contributed by atoms with Gasteiger partial charge in [0, 0.05) is 31.1 Å². The van der Waals surface area contributed by atoms with Gasteiger partial charge in [0.25, 0.3) is 0 Å². The molecule has 0 aromatic carbocycles. The summed E-state index contributed by atoms with van der Waals surface area (Å²) in [5.41, 5.74) is 0. The Kier molecular flexibility index (Phi) is 10.3. The van der Waals surface area contributed by atoms with E-state index in [0.717, 1.165) is 51.9 Å². The standard InChI is InChI=1S/C18H32N4OS2/c1-3-19-18(20-8-4-5-13-24-2)21-15-16(17-7-6-14-25-17)22-9-11-23-12-10-22/h6-7,14,16H,3-5,8-13,15H2,1-2H3,(H2,19,20,21). The number of aliphatic imine (C=N–C) groups is 1. The van der Waals surface area contributed by atoms with Crippen LogP contribution in [-0.4, -0.2) is 68.8 Å². The molecule has 0 bridgehead atoms. The van der Waals surface area contributed by atoms with Gasteiger partial charge in [-0.05, 0) is 43.2 Å². The predicted octanol–water partition coefficient (Wildman–Crippen LogP) is 2.82. The zero-order valence-corrected chi connectivity index (χ0v) is 17.1. The summed E-state index contributed by atoms with van der Waals surface area (Å²) in [6.45, 7) is 8.36. The number of thioether (sulfide) groups is 1. The highest BCUT2D eigenvalue weighted by atomic mass is 32.2. The fourth-order valence-electron chi connectivity index (χ4n) is 2.85. The van der Waals surface area contributed by atoms with Gasteiger partial charge in [-0.25, -0.2) is 0 Å². The molecule has 0 amide bonds. The quantitative estimate of drug-likeness (QED) is 0.369. The summed E-state index contributed by atoms with van der Waals surface area (Å²) in [5, 5.41) is 9.00. The lowest BCUT2D eigenvalue weighted by molar-refractivity contribution is 0.0186. The maximum absolute atomic E-state index is 5.52. The molecule has 25 heavy (non-hydrogen) atoms. The van der Waals surface area contributed by atoms with Gasteiger partial charge in [0.1, 0.15) is 0 Å². The Labute approximate surface area is 160 Å². The van der Waals surface area contributed by atoms with E-state index in [4.69, 9.17) is 9.73 Å². The Bertz CT molecular complexity index is 475. The number of nitrogens with one attached hydrogen (secondary N) is 2. The average Bonchev–Trinajstić information content (AvgIpc) is 3.17. The van der Waals surface area contributed by atoms with Crippen molar-refractivity contribution in [1.82, 2.24) is 15.5 Å². The number of thiophene rings is 1. The number of unbranched alkanes of at least 4 members (excludes halogenated alkanes) is 1. The molecule has 5 nitrogen and oxygen atoms in total. The Morgan fingerprint density at radius 2 is 2.20 bits per heavy atom. The van der Waals surface area contributed by atoms with Crippen molar-refractivity contribution in [3.05, 3.63) is 22.4 Å². The summed E-state index contributed by atoms with van der Waals surface area (Å²) in [4.78, 5) is 8.77. The number of ether oxygens (including phenoxy) is 1. The van der Waals surface area contributed by atoms with Crippen LogP contribution >= 0.6 is 23.1 Å². The van der Waals surface area contributed by atoms with Gasteiger partial charge >= 0.3 is 0 Å². The van der Waals surface area contributed by atoms with Crippen LogP contribution < -0.4 is 10.6 Å². The second-order valence-corrected chi connectivity index (χ2v) is 7.99. The van der Waals surface area contributed by atoms with E-state index in [-0.39, 0.29) is 0 Å². The van der Waals surface area contributed by atoms with Gasteiger partial charge in [0.2, 0.25) is 0 Å². The third-order valence-electron chi connectivity index (χ3n) is 4.19. The summed E-state index contributed by atoms with van der Waals surface area (Å²) >= 11 is 3.73. The Morgan fingerprint density at radius 3 is 2.88 bits per heavy atom. The highest BCUT2D eigenvalue weighted by molar-refractivity contribution is 7.98. The lowest BCUT2D eigenvalue weighted by Crippen LogP contribution is -2.41. The van der Waals surface area contributed by atoms with Crippen LogP contribution in [-0.2, 0) is 4.74 Å². The van der Waals surface area contributed by atoms with E-state index in [0.29, 0.717) is 6.04 Å². The smallest absolute Gasteiger partial charge is 0.191 e. The molecule has 0 aliphatic carbocycles. The van der Waals surface area contributed by atoms with Crippen LogP contribution in [0.3, 0.4) is 0 Å². The SMILES string of the molecule is CCNC(=NCC(c1cccs1)N1CCOCC1)NCCCCSC. The van der Waals surface area contributed by atoms with Gasteiger partial charge in [0.05, 0.1) is 25.8 Å². The van der Waals surface area contributed by atoms with Crippen LogP contribution in [0.1, 0.15) is 30.7 Å². The van der Waals surface area contributed by atoms with Crippen LogP contribution in [0, 0.1) is 0 Å². The summed E-state index contributed by atoms with van der Waals surface area (Å²) in [5.74, 6) is 2.16. The van der Waals surface area contributed by atoms with Gasteiger partial charge in [-0.15, -0.1) is 11.3 Å². The molecule has 1 aromatic rings. The molecule has 0 radical (unpaired) electrons. The van der Waals surface area contributed by atoms with Crippen molar-refractivity contribution >= 4 is 29.1 Å². The highest BCUT2D eigenvalue weighted by Gasteiger charge is 2.23. The lowest BCUT2D eigenvalue weighted by atomic mass is 10.2. The summed E-state index contributed by atoms with van der Waals surface area (Å²) in [6.07, 6.45) is 4.59. The number of hydrogen-bond acceptors (Lipinski definition) is 5. The molecule has 1 atom stereocenters. The van der Waals surface area contributed by atoms with Crippen molar-refractivity contribution in [3.63, 3.8) is 0 Å². The molecule has 142 valence electrons. The monoisotopic (exact) mass is 384 g/mol. The van der Waals surface area contributed by atoms with Gasteiger partial charge in [-0.2, -0.15) is 11.8 Å². The summed E-state index contributed by atoms with van der Waals surface area (Å²) < 4.78 is 5.52. The summed E-state index contributed by atoms with van der Waals surface area (Å²) in [7, 11) is 0. The second kappa shape index (κ2) is 12.6. The van der Waals surface area contributed by atoms with Crippen LogP contribution in [0.5, 0.6) is 0 Å². The minimum Gasteiger partial charge on any atom is -0.379 e. The predicted molar refractivity (Wildman–Crippen MR) is 111 cm³/mol. The van der Waals surface area contributed by atoms with E-state index < -0.39 is 0 Å². The van der Waals surface area contributed by atoms with Crippen molar-refractivity contribution in [2.45, 2.75) is 25.8 Å². The van der Waals surface area contributed by atoms with Gasteiger partial charge in [-0.1, -0.05) is 6.07 Å². The molecule has 0 spiro atoms. The number of nitrogens with zero attached hydrogens (tertiary/aromatic N) is 2. The first-order valence-electron chi connectivity index (χ1n) is 9.21. The van der Waals surface area contributed by atoms with Crippen molar-refractivity contribution in [3.8, 4) is 0 Å². The maximum atomic E-state index is 5.52. The first kappa shape index (κ1) is 20.6. The number of morpholine rings is 1. The second-order valence-electron chi connectivity index (χ2n) is 6.03. The third-order valence-corrected chi connectivity index (χ3v) is 5.86. The van der Waals surface area contributed by atoms with Gasteiger partial charge in [0.15, 0.2) is 5.96 Å². The van der Waals surface area contributed by atoms with Crippen LogP contribution in [0.25, 0.3) is 0 Å². The van der Waals surface area contributed by atoms with E-state index in [2.05, 4.69) is 46.2 Å². The molecule has 2 rings (SSSR count). The van der Waals surface area contributed by atoms with Crippen molar-refractivity contribution in [2.75, 3.05) is 57.9 Å². The molecule has 1 aromatic heterocycles. The Hall–Kier alpha value is -0.760. The third kappa shape index (κ3) is 7.56. The summed E-state index contributed by atoms with van der Waals surface area (Å²) in [6, 6.07) is 4.70. The van der Waals surface area contributed by atoms with Crippen molar-refractivity contribution in [2.24, 2.45) is 4.99 Å². The van der Waals surface area contributed by atoms with E-state index in [1.165, 1.54) is 23.5 Å². The molecular formula is C18H32N4OS2. The first-order valence-corrected chi connectivity index (χ1v) is 11.5. The molecule has 1 aliphatic heterocycles. The maximum Gasteiger partial charge on any atom is 0.191 e. The van der Waals surface area contributed by atoms with Gasteiger partial charge in [-0.3, -0.25) is 9.89 Å². The number of hydrogen-bond donors (Lipinski definition) is 2. The van der Waals surface area contributed by atoms with Crippen LogP contribution in [0.2, 0.25) is 0 Å². The zero-order valence-electron chi connectivity index (χ0n) is 15.5. The first-order chi connectivity index (χ1) is 12.3. The van der Waals surface area contributed by atoms with E-state index in [1.807, 2.05) is 23.1 Å².